The van der Waals surface area contributed by atoms with Crippen LogP contribution in [0.5, 0.6) is 0 Å². The van der Waals surface area contributed by atoms with Crippen LogP contribution in [0.3, 0.4) is 0 Å². The lowest BCUT2D eigenvalue weighted by Crippen LogP contribution is -2.63. The highest BCUT2D eigenvalue weighted by molar-refractivity contribution is 6.01. The molecule has 3 atom stereocenters. The van der Waals surface area contributed by atoms with E-state index >= 15 is 0 Å². The van der Waals surface area contributed by atoms with Gasteiger partial charge in [0.25, 0.3) is 11.8 Å². The highest BCUT2D eigenvalue weighted by Gasteiger charge is 2.44. The minimum Gasteiger partial charge on any atom is -0.492 e. The number of anilines is 2. The van der Waals surface area contributed by atoms with Crippen LogP contribution in [0.2, 0.25) is 0 Å². The number of aromatic nitrogens is 1. The average Bonchev–Trinajstić information content (AvgIpc) is 3.94. The average molecular weight is 945 g/mol. The van der Waals surface area contributed by atoms with Gasteiger partial charge in [-0.2, -0.15) is 10.4 Å². The fourth-order valence-corrected chi connectivity index (χ4v) is 9.90. The quantitative estimate of drug-likeness (QED) is 0.112. The molecule has 18 heteroatoms. The Labute approximate surface area is 400 Å². The van der Waals surface area contributed by atoms with Crippen molar-refractivity contribution in [2.45, 2.75) is 82.5 Å². The molecule has 2 N–H and O–H groups in total. The third kappa shape index (κ3) is 10.8. The van der Waals surface area contributed by atoms with Crippen LogP contribution in [0, 0.1) is 28.9 Å². The second-order valence-electron chi connectivity index (χ2n) is 18.1. The number of nitrogens with one attached hydrogen (secondary N) is 2. The maximum Gasteiger partial charge on any atom is 0.255 e. The topological polar surface area (TPSA) is 184 Å². The van der Waals surface area contributed by atoms with Crippen molar-refractivity contribution in [2.24, 2.45) is 11.0 Å². The summed E-state index contributed by atoms with van der Waals surface area (Å²) in [6.07, 6.45) is 13.1. The van der Waals surface area contributed by atoms with Gasteiger partial charge in [0.15, 0.2) is 0 Å². The summed E-state index contributed by atoms with van der Waals surface area (Å²) >= 11 is 0. The second kappa shape index (κ2) is 22.0. The normalized spacial score (nSPS) is 20.1. The number of pyridine rings is 1. The third-order valence-corrected chi connectivity index (χ3v) is 13.8. The Balaban J connectivity index is 0.809. The van der Waals surface area contributed by atoms with E-state index in [9.17, 15) is 38.0 Å². The Kier molecular flexibility index (Phi) is 15.4. The molecule has 5 aliphatic heterocycles. The van der Waals surface area contributed by atoms with Crippen molar-refractivity contribution in [2.75, 3.05) is 68.8 Å². The molecule has 16 nitrogen and oxygen atoms in total. The van der Waals surface area contributed by atoms with Gasteiger partial charge in [-0.1, -0.05) is 12.8 Å². The van der Waals surface area contributed by atoms with Crippen LogP contribution in [0.25, 0.3) is 5.57 Å². The summed E-state index contributed by atoms with van der Waals surface area (Å²) in [6, 6.07) is 13.7. The molecule has 2 saturated heterocycles. The largest absolute Gasteiger partial charge is 0.492 e. The molecule has 1 aromatic heterocycles. The number of carbonyl (C=O) groups excluding carboxylic acids is 5. The Morgan fingerprint density at radius 3 is 2.51 bits per heavy atom. The monoisotopic (exact) mass is 944 g/mol. The first-order valence-electron chi connectivity index (χ1n) is 23.9. The van der Waals surface area contributed by atoms with Gasteiger partial charge in [-0.05, 0) is 117 Å². The van der Waals surface area contributed by atoms with E-state index in [0.29, 0.717) is 56.3 Å². The highest BCUT2D eigenvalue weighted by atomic mass is 19.1. The van der Waals surface area contributed by atoms with Gasteiger partial charge in [0, 0.05) is 82.4 Å². The maximum atomic E-state index is 14.8. The molecule has 0 aliphatic carbocycles. The smallest absolute Gasteiger partial charge is 0.255 e. The van der Waals surface area contributed by atoms with Crippen LogP contribution in [0.4, 0.5) is 20.3 Å². The van der Waals surface area contributed by atoms with E-state index in [1.165, 1.54) is 0 Å². The van der Waals surface area contributed by atoms with E-state index in [4.69, 9.17) is 9.72 Å². The number of halogens is 2. The molecule has 3 amide bonds. The Bertz CT molecular complexity index is 2530. The molecule has 0 radical (unpaired) electrons. The number of hydrogen-bond donors (Lipinski definition) is 2. The number of benzene rings is 2. The molecule has 3 unspecified atom stereocenters. The van der Waals surface area contributed by atoms with Crippen molar-refractivity contribution in [3.63, 3.8) is 0 Å². The number of allylic oxidation sites excluding steroid dienone is 1. The Hall–Kier alpha value is -7.00. The number of aldehydes is 2. The van der Waals surface area contributed by atoms with Crippen molar-refractivity contribution in [1.29, 1.82) is 5.26 Å². The Morgan fingerprint density at radius 1 is 0.986 bits per heavy atom. The summed E-state index contributed by atoms with van der Waals surface area (Å²) in [4.78, 5) is 76.2. The van der Waals surface area contributed by atoms with Crippen molar-refractivity contribution < 1.29 is 37.5 Å². The number of unbranched alkanes of at least 4 members (excludes halogenated alkanes) is 3. The summed E-state index contributed by atoms with van der Waals surface area (Å²) < 4.78 is 34.7. The number of ether oxygens (including phenoxy) is 1. The molecule has 0 spiro atoms. The van der Waals surface area contributed by atoms with E-state index in [-0.39, 0.29) is 37.1 Å². The number of hydrogen-bond acceptors (Lipinski definition) is 13. The fourth-order valence-electron chi connectivity index (χ4n) is 9.90. The van der Waals surface area contributed by atoms with Crippen LogP contribution in [0.1, 0.15) is 90.1 Å². The molecule has 3 aromatic rings. The minimum absolute atomic E-state index is 0.174. The first kappa shape index (κ1) is 48.5. The molecule has 8 rings (SSSR count). The van der Waals surface area contributed by atoms with Gasteiger partial charge in [0.2, 0.25) is 5.91 Å². The molecule has 2 aromatic carbocycles. The summed E-state index contributed by atoms with van der Waals surface area (Å²) in [7, 11) is 0. The zero-order valence-electron chi connectivity index (χ0n) is 38.8. The van der Waals surface area contributed by atoms with Crippen molar-refractivity contribution in [3.8, 4) is 6.07 Å². The van der Waals surface area contributed by atoms with Crippen LogP contribution < -0.4 is 20.4 Å². The number of hydrazone groups is 1. The van der Waals surface area contributed by atoms with E-state index in [2.05, 4.69) is 31.6 Å². The zero-order valence-corrected chi connectivity index (χ0v) is 38.8. The molecular weight excluding hydrogens is 887 g/mol. The lowest BCUT2D eigenvalue weighted by atomic mass is 9.85. The number of nitrogens with zero attached hydrogens (tertiary/aromatic N) is 8. The number of piperidine rings is 1. The first-order chi connectivity index (χ1) is 33.5. The number of piperazine rings is 1. The van der Waals surface area contributed by atoms with E-state index < -0.39 is 40.6 Å². The number of carbonyl (C=O) groups is 5. The standard InChI is InChI=1S/C51H58F2N10O6/c1-2-69-41-28-43(47-37(29-54)31-57-63(47)33-41)35-9-14-46(56-30-35)61-19-15-51(16-20-61,58-48(66)44-27-38(52)10-13-45(44)53)50(68)55-17-5-3-4-6-18-59-21-23-60(24-22-59)39-11-12-42-36(26-39)32-62(49(42)67)40(34-65)8-7-25-64/h9-14,25-28,30-31,33-34,37,40,47H,2-8,15-24,32H2,1H3,(H,55,68)(H,58,66). The summed E-state index contributed by atoms with van der Waals surface area (Å²) in [5, 5.41) is 21.8. The SMILES string of the molecule is CCOC1=CN2N=CC(C#N)C2C(c2ccc(N3CCC(NC(=O)c4cc(F)ccc4F)(C(=O)NCCCCCCN4CCN(c5ccc6c(c5)CN(C(C=O)CCC=O)C6=O)CC4)CC3)nc2)=C1. The molecule has 0 saturated carbocycles. The molecule has 6 heterocycles. The molecule has 0 bridgehead atoms. The summed E-state index contributed by atoms with van der Waals surface area (Å²) in [5.74, 6) is -2.23. The van der Waals surface area contributed by atoms with Gasteiger partial charge in [0.1, 0.15) is 47.2 Å². The van der Waals surface area contributed by atoms with Gasteiger partial charge in [-0.25, -0.2) is 13.8 Å². The highest BCUT2D eigenvalue weighted by Crippen LogP contribution is 2.37. The first-order valence-corrected chi connectivity index (χ1v) is 23.9. The van der Waals surface area contributed by atoms with Crippen molar-refractivity contribution in [1.82, 2.24) is 30.4 Å². The van der Waals surface area contributed by atoms with Crippen LogP contribution >= 0.6 is 0 Å². The lowest BCUT2D eigenvalue weighted by Gasteiger charge is -2.41. The molecular formula is C51H58F2N10O6. The predicted molar refractivity (Wildman–Crippen MR) is 255 cm³/mol. The second-order valence-corrected chi connectivity index (χ2v) is 18.1. The minimum atomic E-state index is -1.38. The maximum absolute atomic E-state index is 14.8. The molecule has 5 aliphatic rings. The number of amides is 3. The van der Waals surface area contributed by atoms with E-state index in [1.807, 2.05) is 48.2 Å². The fraction of sp³-hybridized carbons (Fsp3) is 0.451. The number of nitriles is 1. The van der Waals surface area contributed by atoms with Gasteiger partial charge in [-0.3, -0.25) is 24.3 Å². The Morgan fingerprint density at radius 2 is 1.78 bits per heavy atom. The van der Waals surface area contributed by atoms with Gasteiger partial charge < -0.3 is 39.7 Å². The predicted octanol–water partition coefficient (Wildman–Crippen LogP) is 5.21. The molecule has 69 heavy (non-hydrogen) atoms. The zero-order chi connectivity index (χ0) is 48.5. The third-order valence-electron chi connectivity index (χ3n) is 13.8. The molecule has 362 valence electrons. The molecule has 2 fully saturated rings. The lowest BCUT2D eigenvalue weighted by molar-refractivity contribution is -0.128. The van der Waals surface area contributed by atoms with Crippen molar-refractivity contribution >= 4 is 53.6 Å². The van der Waals surface area contributed by atoms with E-state index in [0.717, 1.165) is 112 Å². The number of rotatable bonds is 20. The van der Waals surface area contributed by atoms with Gasteiger partial charge >= 0.3 is 0 Å². The van der Waals surface area contributed by atoms with Gasteiger partial charge in [-0.15, -0.1) is 0 Å². The van der Waals surface area contributed by atoms with Crippen molar-refractivity contribution in [3.05, 3.63) is 107 Å². The summed E-state index contributed by atoms with van der Waals surface area (Å²) in [5.41, 5.74) is 2.35. The van der Waals surface area contributed by atoms with Crippen LogP contribution in [0.15, 0.2) is 77.9 Å². The van der Waals surface area contributed by atoms with Crippen LogP contribution in [-0.2, 0) is 25.7 Å². The van der Waals surface area contributed by atoms with Gasteiger partial charge in [0.05, 0.1) is 36.5 Å². The number of fused-ring (bicyclic) bond motifs is 2. The van der Waals surface area contributed by atoms with Crippen LogP contribution in [-0.4, -0.2) is 133 Å². The van der Waals surface area contributed by atoms with E-state index in [1.54, 1.807) is 28.5 Å². The summed E-state index contributed by atoms with van der Waals surface area (Å²) in [6.45, 7) is 8.23.